The smallest absolute Gasteiger partial charge is 0.200 e. The van der Waals surface area contributed by atoms with Crippen molar-refractivity contribution in [2.45, 2.75) is 6.04 Å². The standard InChI is InChI=1S/C12H7BrF5NS/c1-19-11(12-4(13)2-3-20-12)5-6(14)8(16)10(18)9(17)7(5)15/h2-3,11,19H,1H3. The summed E-state index contributed by atoms with van der Waals surface area (Å²) in [7, 11) is 1.37. The topological polar surface area (TPSA) is 12.0 Å². The minimum Gasteiger partial charge on any atom is -0.308 e. The first-order valence-corrected chi connectivity index (χ1v) is 6.98. The summed E-state index contributed by atoms with van der Waals surface area (Å²) in [4.78, 5) is 0.413. The predicted octanol–water partition coefficient (Wildman–Crippen LogP) is 4.51. The molecule has 2 aromatic rings. The number of thiophene rings is 1. The predicted molar refractivity (Wildman–Crippen MR) is 69.2 cm³/mol. The molecule has 0 aliphatic heterocycles. The van der Waals surface area contributed by atoms with Crippen LogP contribution in [0.5, 0.6) is 0 Å². The van der Waals surface area contributed by atoms with Gasteiger partial charge in [0.15, 0.2) is 23.3 Å². The molecule has 108 valence electrons. The molecule has 20 heavy (non-hydrogen) atoms. The molecule has 0 spiro atoms. The summed E-state index contributed by atoms with van der Waals surface area (Å²) in [6.45, 7) is 0. The van der Waals surface area contributed by atoms with Crippen molar-refractivity contribution in [3.63, 3.8) is 0 Å². The number of halogens is 6. The zero-order valence-corrected chi connectivity index (χ0v) is 12.3. The Balaban J connectivity index is 2.71. The molecular weight excluding hydrogens is 365 g/mol. The number of hydrogen-bond acceptors (Lipinski definition) is 2. The minimum absolute atomic E-state index is 0.413. The first-order valence-electron chi connectivity index (χ1n) is 5.31. The van der Waals surface area contributed by atoms with E-state index in [4.69, 9.17) is 0 Å². The zero-order chi connectivity index (χ0) is 15.0. The highest BCUT2D eigenvalue weighted by atomic mass is 79.9. The van der Waals surface area contributed by atoms with Gasteiger partial charge in [-0.3, -0.25) is 0 Å². The van der Waals surface area contributed by atoms with Crippen molar-refractivity contribution in [1.82, 2.24) is 5.32 Å². The van der Waals surface area contributed by atoms with E-state index in [1.807, 2.05) is 0 Å². The van der Waals surface area contributed by atoms with Crippen LogP contribution < -0.4 is 5.32 Å². The Hall–Kier alpha value is -0.990. The normalized spacial score (nSPS) is 12.8. The van der Waals surface area contributed by atoms with Crippen LogP contribution in [0.1, 0.15) is 16.5 Å². The van der Waals surface area contributed by atoms with Crippen molar-refractivity contribution in [3.8, 4) is 0 Å². The largest absolute Gasteiger partial charge is 0.308 e. The van der Waals surface area contributed by atoms with Crippen LogP contribution in [0.25, 0.3) is 0 Å². The Morgan fingerprint density at radius 3 is 1.90 bits per heavy atom. The first-order chi connectivity index (χ1) is 9.40. The van der Waals surface area contributed by atoms with Gasteiger partial charge in [-0.05, 0) is 34.4 Å². The van der Waals surface area contributed by atoms with Gasteiger partial charge in [0.1, 0.15) is 0 Å². The van der Waals surface area contributed by atoms with Gasteiger partial charge in [-0.1, -0.05) is 0 Å². The van der Waals surface area contributed by atoms with Gasteiger partial charge in [0, 0.05) is 9.35 Å². The maximum atomic E-state index is 13.8. The second-order valence-corrected chi connectivity index (χ2v) is 5.64. The van der Waals surface area contributed by atoms with Gasteiger partial charge in [-0.15, -0.1) is 11.3 Å². The molecule has 0 bridgehead atoms. The van der Waals surface area contributed by atoms with Gasteiger partial charge < -0.3 is 5.32 Å². The highest BCUT2D eigenvalue weighted by Gasteiger charge is 2.31. The molecule has 1 aromatic heterocycles. The van der Waals surface area contributed by atoms with E-state index in [9.17, 15) is 22.0 Å². The SMILES string of the molecule is CNC(c1sccc1Br)c1c(F)c(F)c(F)c(F)c1F. The quantitative estimate of drug-likeness (QED) is 0.475. The van der Waals surface area contributed by atoms with E-state index in [1.54, 1.807) is 11.4 Å². The van der Waals surface area contributed by atoms with E-state index in [2.05, 4.69) is 21.2 Å². The molecule has 0 radical (unpaired) electrons. The molecule has 0 amide bonds. The van der Waals surface area contributed by atoms with Gasteiger partial charge in [-0.25, -0.2) is 22.0 Å². The molecule has 1 N–H and O–H groups in total. The number of rotatable bonds is 3. The van der Waals surface area contributed by atoms with E-state index in [1.165, 1.54) is 7.05 Å². The van der Waals surface area contributed by atoms with Gasteiger partial charge in [0.05, 0.1) is 11.6 Å². The summed E-state index contributed by atoms with van der Waals surface area (Å²) in [5, 5.41) is 4.20. The van der Waals surface area contributed by atoms with Crippen molar-refractivity contribution in [2.75, 3.05) is 7.05 Å². The van der Waals surface area contributed by atoms with Crippen LogP contribution >= 0.6 is 27.3 Å². The third-order valence-electron chi connectivity index (χ3n) is 2.73. The Morgan fingerprint density at radius 2 is 1.50 bits per heavy atom. The Bertz CT molecular complexity index is 629. The average Bonchev–Trinajstić information content (AvgIpc) is 2.85. The molecule has 0 saturated carbocycles. The maximum absolute atomic E-state index is 13.8. The van der Waals surface area contributed by atoms with Crippen LogP contribution in [0.4, 0.5) is 22.0 Å². The van der Waals surface area contributed by atoms with Crippen LogP contribution in [-0.4, -0.2) is 7.05 Å². The fraction of sp³-hybridized carbons (Fsp3) is 0.167. The number of benzene rings is 1. The van der Waals surface area contributed by atoms with Gasteiger partial charge in [0.25, 0.3) is 0 Å². The van der Waals surface area contributed by atoms with E-state index in [0.29, 0.717) is 9.35 Å². The van der Waals surface area contributed by atoms with E-state index >= 15 is 0 Å². The lowest BCUT2D eigenvalue weighted by molar-refractivity contribution is 0.364. The van der Waals surface area contributed by atoms with E-state index in [-0.39, 0.29) is 0 Å². The summed E-state index contributed by atoms with van der Waals surface area (Å²) >= 11 is 4.30. The molecule has 1 aromatic carbocycles. The third kappa shape index (κ3) is 2.36. The van der Waals surface area contributed by atoms with E-state index < -0.39 is 40.7 Å². The van der Waals surface area contributed by atoms with Crippen molar-refractivity contribution in [1.29, 1.82) is 0 Å². The van der Waals surface area contributed by atoms with Crippen LogP contribution in [0, 0.1) is 29.1 Å². The fourth-order valence-electron chi connectivity index (χ4n) is 1.79. The molecule has 0 aliphatic rings. The summed E-state index contributed by atoms with van der Waals surface area (Å²) in [5.41, 5.74) is -0.896. The lowest BCUT2D eigenvalue weighted by Gasteiger charge is -2.18. The lowest BCUT2D eigenvalue weighted by Crippen LogP contribution is -2.22. The monoisotopic (exact) mass is 371 g/mol. The molecule has 0 fully saturated rings. The summed E-state index contributed by atoms with van der Waals surface area (Å²) in [6.07, 6.45) is 0. The average molecular weight is 372 g/mol. The van der Waals surface area contributed by atoms with Crippen molar-refractivity contribution >= 4 is 27.3 Å². The fourth-order valence-corrected chi connectivity index (χ4v) is 3.51. The van der Waals surface area contributed by atoms with Crippen molar-refractivity contribution < 1.29 is 22.0 Å². The summed E-state index contributed by atoms with van der Waals surface area (Å²) < 4.78 is 67.6. The van der Waals surface area contributed by atoms with Crippen LogP contribution in [0.3, 0.4) is 0 Å². The Kier molecular flexibility index (Phi) is 4.46. The van der Waals surface area contributed by atoms with Gasteiger partial charge in [0.2, 0.25) is 5.82 Å². The molecule has 8 heteroatoms. The Morgan fingerprint density at radius 1 is 1.00 bits per heavy atom. The molecule has 0 saturated heterocycles. The maximum Gasteiger partial charge on any atom is 0.200 e. The number of nitrogens with one attached hydrogen (secondary N) is 1. The lowest BCUT2D eigenvalue weighted by atomic mass is 10.0. The van der Waals surface area contributed by atoms with Crippen molar-refractivity contribution in [3.05, 3.63) is 55.4 Å². The highest BCUT2D eigenvalue weighted by Crippen LogP contribution is 2.37. The zero-order valence-electron chi connectivity index (χ0n) is 9.91. The van der Waals surface area contributed by atoms with Crippen LogP contribution in [0.2, 0.25) is 0 Å². The molecule has 0 aliphatic carbocycles. The molecule has 1 nitrogen and oxygen atoms in total. The summed E-state index contributed by atoms with van der Waals surface area (Å²) in [6, 6.07) is 0.477. The molecular formula is C12H7BrF5NS. The second kappa shape index (κ2) is 5.79. The number of hydrogen-bond donors (Lipinski definition) is 1. The summed E-state index contributed by atoms with van der Waals surface area (Å²) in [5.74, 6) is -9.73. The first kappa shape index (κ1) is 15.4. The molecule has 1 unspecified atom stereocenters. The molecule has 1 heterocycles. The minimum atomic E-state index is -2.16. The van der Waals surface area contributed by atoms with E-state index in [0.717, 1.165) is 11.3 Å². The second-order valence-electron chi connectivity index (χ2n) is 3.84. The van der Waals surface area contributed by atoms with Crippen LogP contribution in [0.15, 0.2) is 15.9 Å². The molecule has 1 atom stereocenters. The third-order valence-corrected chi connectivity index (χ3v) is 4.66. The van der Waals surface area contributed by atoms with Gasteiger partial charge >= 0.3 is 0 Å². The highest BCUT2D eigenvalue weighted by molar-refractivity contribution is 9.10. The molecule has 2 rings (SSSR count). The van der Waals surface area contributed by atoms with Crippen molar-refractivity contribution in [2.24, 2.45) is 0 Å². The Labute approximate surface area is 123 Å². The van der Waals surface area contributed by atoms with Gasteiger partial charge in [-0.2, -0.15) is 0 Å². The van der Waals surface area contributed by atoms with Crippen LogP contribution in [-0.2, 0) is 0 Å².